The van der Waals surface area contributed by atoms with E-state index in [0.717, 1.165) is 37.7 Å². The highest BCUT2D eigenvalue weighted by Gasteiger charge is 2.39. The lowest BCUT2D eigenvalue weighted by Crippen LogP contribution is -2.61. The largest absolute Gasteiger partial charge is 0.493 e. The predicted molar refractivity (Wildman–Crippen MR) is 102 cm³/mol. The van der Waals surface area contributed by atoms with Gasteiger partial charge >= 0.3 is 0 Å². The van der Waals surface area contributed by atoms with Gasteiger partial charge in [0.05, 0.1) is 21.3 Å². The lowest BCUT2D eigenvalue weighted by atomic mass is 9.79. The van der Waals surface area contributed by atoms with Crippen LogP contribution in [0.1, 0.15) is 37.7 Å². The molecule has 2 aliphatic rings. The van der Waals surface area contributed by atoms with Crippen molar-refractivity contribution in [1.82, 2.24) is 10.2 Å². The maximum absolute atomic E-state index is 5.51. The van der Waals surface area contributed by atoms with Gasteiger partial charge in [0.25, 0.3) is 0 Å². The summed E-state index contributed by atoms with van der Waals surface area (Å²) in [5.41, 5.74) is 1.54. The van der Waals surface area contributed by atoms with Crippen molar-refractivity contribution >= 4 is 12.4 Å². The van der Waals surface area contributed by atoms with Gasteiger partial charge in [0.1, 0.15) is 0 Å². The van der Waals surface area contributed by atoms with E-state index in [1.54, 1.807) is 21.3 Å². The fourth-order valence-corrected chi connectivity index (χ4v) is 4.28. The molecule has 25 heavy (non-hydrogen) atoms. The average molecular weight is 371 g/mol. The Kier molecular flexibility index (Phi) is 7.23. The first-order valence-electron chi connectivity index (χ1n) is 8.97. The molecule has 0 amide bonds. The number of hydrogen-bond donors (Lipinski definition) is 1. The summed E-state index contributed by atoms with van der Waals surface area (Å²) in [6.45, 7) is 4.19. The van der Waals surface area contributed by atoms with Gasteiger partial charge in [-0.15, -0.1) is 12.4 Å². The molecule has 1 heterocycles. The van der Waals surface area contributed by atoms with Gasteiger partial charge < -0.3 is 19.5 Å². The zero-order valence-corrected chi connectivity index (χ0v) is 16.4. The quantitative estimate of drug-likeness (QED) is 0.861. The minimum Gasteiger partial charge on any atom is -0.493 e. The minimum absolute atomic E-state index is 0. The van der Waals surface area contributed by atoms with Crippen LogP contribution in [0.2, 0.25) is 0 Å². The fourth-order valence-electron chi connectivity index (χ4n) is 4.28. The zero-order chi connectivity index (χ0) is 17.0. The van der Waals surface area contributed by atoms with Gasteiger partial charge in [-0.25, -0.2) is 0 Å². The Bertz CT molecular complexity index is 528. The SMILES string of the molecule is COc1cc(CN2CCNCC23CCCCC3)cc(OC)c1OC.Cl. The Hall–Kier alpha value is -1.17. The van der Waals surface area contributed by atoms with Crippen molar-refractivity contribution in [3.05, 3.63) is 17.7 Å². The number of halogens is 1. The Balaban J connectivity index is 0.00000225. The second-order valence-corrected chi connectivity index (χ2v) is 6.92. The van der Waals surface area contributed by atoms with Gasteiger partial charge in [-0.3, -0.25) is 4.90 Å². The molecule has 5 nitrogen and oxygen atoms in total. The van der Waals surface area contributed by atoms with E-state index < -0.39 is 0 Å². The van der Waals surface area contributed by atoms with Gasteiger partial charge in [-0.1, -0.05) is 19.3 Å². The van der Waals surface area contributed by atoms with E-state index in [2.05, 4.69) is 22.3 Å². The number of piperazine rings is 1. The van der Waals surface area contributed by atoms with Gasteiger partial charge in [0.2, 0.25) is 5.75 Å². The Morgan fingerprint density at radius 1 is 1.00 bits per heavy atom. The summed E-state index contributed by atoms with van der Waals surface area (Å²) in [5, 5.41) is 3.61. The molecule has 0 aromatic heterocycles. The molecule has 1 aliphatic heterocycles. The lowest BCUT2D eigenvalue weighted by molar-refractivity contribution is 0.0208. The number of rotatable bonds is 5. The number of nitrogens with zero attached hydrogens (tertiary/aromatic N) is 1. The van der Waals surface area contributed by atoms with Gasteiger partial charge in [-0.05, 0) is 30.5 Å². The minimum atomic E-state index is 0. The summed E-state index contributed by atoms with van der Waals surface area (Å²) in [4.78, 5) is 2.67. The topological polar surface area (TPSA) is 43.0 Å². The van der Waals surface area contributed by atoms with Crippen LogP contribution in [0, 0.1) is 0 Å². The van der Waals surface area contributed by atoms with E-state index >= 15 is 0 Å². The van der Waals surface area contributed by atoms with Crippen molar-refractivity contribution in [2.45, 2.75) is 44.2 Å². The van der Waals surface area contributed by atoms with Crippen molar-refractivity contribution in [2.24, 2.45) is 0 Å². The first-order chi connectivity index (χ1) is 11.7. The Morgan fingerprint density at radius 2 is 1.64 bits per heavy atom. The summed E-state index contributed by atoms with van der Waals surface area (Å²) in [6.07, 6.45) is 6.65. The van der Waals surface area contributed by atoms with E-state index in [9.17, 15) is 0 Å². The molecule has 6 heteroatoms. The van der Waals surface area contributed by atoms with Gasteiger partial charge in [0.15, 0.2) is 11.5 Å². The molecule has 0 radical (unpaired) electrons. The van der Waals surface area contributed by atoms with Crippen LogP contribution in [-0.2, 0) is 6.54 Å². The van der Waals surface area contributed by atoms with Crippen LogP contribution in [0.25, 0.3) is 0 Å². The van der Waals surface area contributed by atoms with Gasteiger partial charge in [0, 0.05) is 31.7 Å². The molecule has 1 spiro atoms. The van der Waals surface area contributed by atoms with Crippen LogP contribution >= 0.6 is 12.4 Å². The third-order valence-electron chi connectivity index (χ3n) is 5.57. The monoisotopic (exact) mass is 370 g/mol. The molecule has 3 rings (SSSR count). The molecule has 1 aliphatic carbocycles. The highest BCUT2D eigenvalue weighted by molar-refractivity contribution is 5.85. The zero-order valence-electron chi connectivity index (χ0n) is 15.6. The molecular formula is C19H31ClN2O3. The van der Waals surface area contributed by atoms with E-state index in [-0.39, 0.29) is 12.4 Å². The van der Waals surface area contributed by atoms with Crippen LogP contribution in [0.15, 0.2) is 12.1 Å². The summed E-state index contributed by atoms with van der Waals surface area (Å²) >= 11 is 0. The molecule has 0 bridgehead atoms. The second-order valence-electron chi connectivity index (χ2n) is 6.92. The summed E-state index contributed by atoms with van der Waals surface area (Å²) < 4.78 is 16.5. The lowest BCUT2D eigenvalue weighted by Gasteiger charge is -2.50. The molecule has 1 aromatic rings. The van der Waals surface area contributed by atoms with E-state index in [1.165, 1.54) is 37.7 Å². The predicted octanol–water partition coefficient (Wildman–Crippen LogP) is 3.24. The highest BCUT2D eigenvalue weighted by Crippen LogP contribution is 2.40. The Morgan fingerprint density at radius 3 is 2.20 bits per heavy atom. The molecule has 142 valence electrons. The van der Waals surface area contributed by atoms with Crippen molar-refractivity contribution < 1.29 is 14.2 Å². The maximum atomic E-state index is 5.51. The molecule has 0 unspecified atom stereocenters. The number of ether oxygens (including phenoxy) is 3. The Labute approximate surface area is 157 Å². The smallest absolute Gasteiger partial charge is 0.203 e. The van der Waals surface area contributed by atoms with Crippen molar-refractivity contribution in [3.63, 3.8) is 0 Å². The molecule has 1 N–H and O–H groups in total. The number of benzene rings is 1. The second kappa shape index (κ2) is 8.97. The fraction of sp³-hybridized carbons (Fsp3) is 0.684. The average Bonchev–Trinajstić information content (AvgIpc) is 2.63. The number of methoxy groups -OCH3 is 3. The van der Waals surface area contributed by atoms with E-state index in [0.29, 0.717) is 11.3 Å². The van der Waals surface area contributed by atoms with E-state index in [1.807, 2.05) is 0 Å². The standard InChI is InChI=1S/C19H30N2O3.ClH/c1-22-16-11-15(12-17(23-2)18(16)24-3)13-21-10-9-20-14-19(21)7-5-4-6-8-19;/h11-12,20H,4-10,13-14H2,1-3H3;1H. The van der Waals surface area contributed by atoms with Crippen molar-refractivity contribution in [3.8, 4) is 17.2 Å². The van der Waals surface area contributed by atoms with Crippen LogP contribution < -0.4 is 19.5 Å². The number of hydrogen-bond acceptors (Lipinski definition) is 5. The summed E-state index contributed by atoms with van der Waals surface area (Å²) in [5.74, 6) is 2.13. The highest BCUT2D eigenvalue weighted by atomic mass is 35.5. The van der Waals surface area contributed by atoms with Crippen LogP contribution in [0.4, 0.5) is 0 Å². The number of nitrogens with one attached hydrogen (secondary N) is 1. The van der Waals surface area contributed by atoms with Crippen molar-refractivity contribution in [1.29, 1.82) is 0 Å². The van der Waals surface area contributed by atoms with Crippen LogP contribution in [0.5, 0.6) is 17.2 Å². The first-order valence-corrected chi connectivity index (χ1v) is 8.97. The normalized spacial score (nSPS) is 20.0. The van der Waals surface area contributed by atoms with Crippen molar-refractivity contribution in [2.75, 3.05) is 41.0 Å². The summed E-state index contributed by atoms with van der Waals surface area (Å²) in [7, 11) is 5.00. The van der Waals surface area contributed by atoms with E-state index in [4.69, 9.17) is 14.2 Å². The molecule has 2 fully saturated rings. The molecule has 1 aromatic carbocycles. The van der Waals surface area contributed by atoms with Crippen LogP contribution in [0.3, 0.4) is 0 Å². The molecular weight excluding hydrogens is 340 g/mol. The molecule has 1 saturated heterocycles. The third kappa shape index (κ3) is 4.15. The molecule has 0 atom stereocenters. The maximum Gasteiger partial charge on any atom is 0.203 e. The summed E-state index contributed by atoms with van der Waals surface area (Å²) in [6, 6.07) is 4.17. The van der Waals surface area contributed by atoms with Gasteiger partial charge in [-0.2, -0.15) is 0 Å². The van der Waals surface area contributed by atoms with Crippen LogP contribution in [-0.4, -0.2) is 51.4 Å². The third-order valence-corrected chi connectivity index (χ3v) is 5.57. The molecule has 1 saturated carbocycles. The first kappa shape index (κ1) is 20.1.